The third kappa shape index (κ3) is 4.54. The van der Waals surface area contributed by atoms with E-state index < -0.39 is 10.0 Å². The Morgan fingerprint density at radius 1 is 1.05 bits per heavy atom. The van der Waals surface area contributed by atoms with Crippen molar-refractivity contribution in [1.29, 1.82) is 0 Å². The van der Waals surface area contributed by atoms with Crippen LogP contribution in [0.15, 0.2) is 54.6 Å². The smallest absolute Gasteiger partial charge is 0.239 e. The minimum atomic E-state index is -3.42. The molecule has 0 aliphatic carbocycles. The topological polar surface area (TPSA) is 46.6 Å². The number of nitrogens with zero attached hydrogens (tertiary/aromatic N) is 1. The summed E-state index contributed by atoms with van der Waals surface area (Å²) in [5.41, 5.74) is 1.61. The predicted molar refractivity (Wildman–Crippen MR) is 86.7 cm³/mol. The predicted octanol–water partition coefficient (Wildman–Crippen LogP) is 2.47. The molecule has 0 saturated carbocycles. The molecule has 114 valence electrons. The zero-order valence-electron chi connectivity index (χ0n) is 12.5. The molecule has 0 amide bonds. The van der Waals surface area contributed by atoms with Gasteiger partial charge in [0, 0.05) is 11.6 Å². The highest BCUT2D eigenvalue weighted by atomic mass is 32.2. The number of methoxy groups -OCH3 is 1. The van der Waals surface area contributed by atoms with Gasteiger partial charge in [0.2, 0.25) is 10.0 Å². The molecule has 0 N–H and O–H groups in total. The second-order valence-electron chi connectivity index (χ2n) is 4.72. The maximum absolute atomic E-state index is 11.9. The summed E-state index contributed by atoms with van der Waals surface area (Å²) in [5, 5.41) is 0. The molecular weight excluding hydrogens is 298 g/mol. The van der Waals surface area contributed by atoms with Crippen molar-refractivity contribution in [2.75, 3.05) is 13.4 Å². The summed E-state index contributed by atoms with van der Waals surface area (Å²) in [7, 11) is -1.83. The van der Waals surface area contributed by atoms with Gasteiger partial charge >= 0.3 is 0 Å². The SMILES string of the molecule is COc1ccc(CN(C#Cc2ccccc2)S(C)(=O)=O)cc1. The molecule has 0 spiro atoms. The molecule has 2 rings (SSSR count). The summed E-state index contributed by atoms with van der Waals surface area (Å²) in [4.78, 5) is 0. The van der Waals surface area contributed by atoms with Crippen molar-refractivity contribution in [3.05, 3.63) is 65.7 Å². The summed E-state index contributed by atoms with van der Waals surface area (Å²) in [6, 6.07) is 19.2. The van der Waals surface area contributed by atoms with Crippen molar-refractivity contribution in [2.24, 2.45) is 0 Å². The summed E-state index contributed by atoms with van der Waals surface area (Å²) in [5.74, 6) is 3.59. The molecule has 0 unspecified atom stereocenters. The van der Waals surface area contributed by atoms with Crippen LogP contribution in [-0.4, -0.2) is 26.1 Å². The van der Waals surface area contributed by atoms with E-state index in [2.05, 4.69) is 12.0 Å². The third-order valence-corrected chi connectivity index (χ3v) is 4.01. The van der Waals surface area contributed by atoms with Crippen molar-refractivity contribution in [3.63, 3.8) is 0 Å². The maximum Gasteiger partial charge on any atom is 0.239 e. The minimum Gasteiger partial charge on any atom is -0.497 e. The standard InChI is InChI=1S/C17H17NO3S/c1-21-17-10-8-16(9-11-17)14-18(22(2,19)20)13-12-15-6-4-3-5-7-15/h3-11H,14H2,1-2H3. The van der Waals surface area contributed by atoms with E-state index in [4.69, 9.17) is 4.74 Å². The van der Waals surface area contributed by atoms with Crippen LogP contribution >= 0.6 is 0 Å². The van der Waals surface area contributed by atoms with Gasteiger partial charge in [-0.05, 0) is 35.7 Å². The monoisotopic (exact) mass is 315 g/mol. The lowest BCUT2D eigenvalue weighted by Gasteiger charge is -2.15. The van der Waals surface area contributed by atoms with E-state index in [9.17, 15) is 8.42 Å². The molecule has 2 aromatic rings. The average Bonchev–Trinajstić information content (AvgIpc) is 2.52. The Bertz CT molecular complexity index is 772. The highest BCUT2D eigenvalue weighted by Crippen LogP contribution is 2.14. The van der Waals surface area contributed by atoms with Crippen molar-refractivity contribution >= 4 is 10.0 Å². The Morgan fingerprint density at radius 2 is 1.68 bits per heavy atom. The van der Waals surface area contributed by atoms with Crippen LogP contribution in [0.4, 0.5) is 0 Å². The summed E-state index contributed by atoms with van der Waals surface area (Å²) >= 11 is 0. The molecule has 4 nitrogen and oxygen atoms in total. The number of benzene rings is 2. The molecule has 0 bridgehead atoms. The lowest BCUT2D eigenvalue weighted by Crippen LogP contribution is -2.24. The lowest BCUT2D eigenvalue weighted by molar-refractivity contribution is 0.414. The summed E-state index contributed by atoms with van der Waals surface area (Å²) < 4.78 is 30.0. The van der Waals surface area contributed by atoms with Crippen molar-refractivity contribution in [1.82, 2.24) is 4.31 Å². The lowest BCUT2D eigenvalue weighted by atomic mass is 10.2. The van der Waals surface area contributed by atoms with E-state index in [0.29, 0.717) is 0 Å². The van der Waals surface area contributed by atoms with Gasteiger partial charge in [-0.2, -0.15) is 0 Å². The number of ether oxygens (including phenoxy) is 1. The fourth-order valence-electron chi connectivity index (χ4n) is 1.78. The Kier molecular flexibility index (Phi) is 5.08. The first-order chi connectivity index (χ1) is 10.5. The summed E-state index contributed by atoms with van der Waals surface area (Å²) in [6.07, 6.45) is 1.15. The largest absolute Gasteiger partial charge is 0.497 e. The first kappa shape index (κ1) is 15.9. The molecule has 2 aromatic carbocycles. The average molecular weight is 315 g/mol. The third-order valence-electron chi connectivity index (χ3n) is 2.98. The molecular formula is C17H17NO3S. The molecule has 0 saturated heterocycles. The number of hydrogen-bond acceptors (Lipinski definition) is 3. The maximum atomic E-state index is 11.9. The normalized spacial score (nSPS) is 10.5. The van der Waals surface area contributed by atoms with Crippen LogP contribution in [0.1, 0.15) is 11.1 Å². The van der Waals surface area contributed by atoms with Crippen LogP contribution in [0.2, 0.25) is 0 Å². The molecule has 0 aliphatic rings. The van der Waals surface area contributed by atoms with Crippen LogP contribution in [0.5, 0.6) is 5.75 Å². The molecule has 0 fully saturated rings. The first-order valence-corrected chi connectivity index (χ1v) is 8.51. The van der Waals surface area contributed by atoms with Gasteiger partial charge in [-0.1, -0.05) is 30.3 Å². The van der Waals surface area contributed by atoms with Crippen LogP contribution in [0.3, 0.4) is 0 Å². The van der Waals surface area contributed by atoms with Crippen LogP contribution in [-0.2, 0) is 16.6 Å². The van der Waals surface area contributed by atoms with E-state index in [1.54, 1.807) is 19.2 Å². The van der Waals surface area contributed by atoms with Gasteiger partial charge in [-0.3, -0.25) is 0 Å². The molecule has 0 heterocycles. The molecule has 5 heteroatoms. The Morgan fingerprint density at radius 3 is 2.23 bits per heavy atom. The van der Waals surface area contributed by atoms with E-state index in [0.717, 1.165) is 27.4 Å². The molecule has 0 aromatic heterocycles. The van der Waals surface area contributed by atoms with Crippen molar-refractivity contribution in [2.45, 2.75) is 6.54 Å². The first-order valence-electron chi connectivity index (χ1n) is 6.66. The Balaban J connectivity index is 2.22. The van der Waals surface area contributed by atoms with Crippen molar-refractivity contribution in [3.8, 4) is 17.7 Å². The quantitative estimate of drug-likeness (QED) is 0.643. The van der Waals surface area contributed by atoms with Crippen LogP contribution in [0.25, 0.3) is 0 Å². The van der Waals surface area contributed by atoms with Gasteiger partial charge in [0.05, 0.1) is 19.9 Å². The fraction of sp³-hybridized carbons (Fsp3) is 0.176. The van der Waals surface area contributed by atoms with E-state index in [1.807, 2.05) is 42.5 Å². The van der Waals surface area contributed by atoms with Gasteiger partial charge in [-0.15, -0.1) is 0 Å². The molecule has 0 aliphatic heterocycles. The summed E-state index contributed by atoms with van der Waals surface area (Å²) in [6.45, 7) is 0.197. The molecule has 22 heavy (non-hydrogen) atoms. The number of hydrogen-bond donors (Lipinski definition) is 0. The number of rotatable bonds is 4. The van der Waals surface area contributed by atoms with Crippen molar-refractivity contribution < 1.29 is 13.2 Å². The van der Waals surface area contributed by atoms with E-state index >= 15 is 0 Å². The van der Waals surface area contributed by atoms with E-state index in [-0.39, 0.29) is 6.54 Å². The minimum absolute atomic E-state index is 0.197. The van der Waals surface area contributed by atoms with Crippen LogP contribution in [0, 0.1) is 12.0 Å². The van der Waals surface area contributed by atoms with Gasteiger partial charge in [0.15, 0.2) is 0 Å². The second-order valence-corrected chi connectivity index (χ2v) is 6.63. The zero-order valence-corrected chi connectivity index (χ0v) is 13.3. The van der Waals surface area contributed by atoms with Gasteiger partial charge in [0.1, 0.15) is 5.75 Å². The zero-order chi connectivity index (χ0) is 16.0. The van der Waals surface area contributed by atoms with Gasteiger partial charge in [-0.25, -0.2) is 12.7 Å². The Hall–Kier alpha value is -2.45. The fourth-order valence-corrected chi connectivity index (χ4v) is 2.38. The molecule has 0 radical (unpaired) electrons. The Labute approximate surface area is 131 Å². The molecule has 0 atom stereocenters. The number of sulfonamides is 1. The van der Waals surface area contributed by atoms with Crippen LogP contribution < -0.4 is 4.74 Å². The van der Waals surface area contributed by atoms with Gasteiger partial charge < -0.3 is 4.74 Å². The highest BCUT2D eigenvalue weighted by Gasteiger charge is 2.13. The second kappa shape index (κ2) is 7.01. The van der Waals surface area contributed by atoms with Gasteiger partial charge in [0.25, 0.3) is 0 Å². The highest BCUT2D eigenvalue weighted by molar-refractivity contribution is 7.88. The van der Waals surface area contributed by atoms with E-state index in [1.165, 1.54) is 0 Å².